The predicted molar refractivity (Wildman–Crippen MR) is 84.5 cm³/mol. The molecule has 0 atom stereocenters. The molecule has 0 bridgehead atoms. The second kappa shape index (κ2) is 6.31. The molecule has 0 aliphatic heterocycles. The third-order valence-electron chi connectivity index (χ3n) is 3.34. The zero-order chi connectivity index (χ0) is 16.2. The van der Waals surface area contributed by atoms with Crippen molar-refractivity contribution in [3.8, 4) is 11.4 Å². The van der Waals surface area contributed by atoms with E-state index in [-0.39, 0.29) is 11.7 Å². The molecule has 23 heavy (non-hydrogen) atoms. The molecule has 0 saturated carbocycles. The first kappa shape index (κ1) is 14.8. The summed E-state index contributed by atoms with van der Waals surface area (Å²) in [5, 5.41) is 2.71. The number of nitrogens with zero attached hydrogens (tertiary/aromatic N) is 2. The fraction of sp³-hybridized carbons (Fsp3) is 0.0588. The minimum Gasteiger partial charge on any atom is -0.494 e. The van der Waals surface area contributed by atoms with Crippen LogP contribution in [0.4, 0.5) is 10.1 Å². The normalized spacial score (nSPS) is 10.3. The number of halogens is 1. The topological polar surface area (TPSA) is 56.1 Å². The van der Waals surface area contributed by atoms with Crippen molar-refractivity contribution in [1.29, 1.82) is 0 Å². The Labute approximate surface area is 132 Å². The lowest BCUT2D eigenvalue weighted by molar-refractivity contribution is 0.102. The molecule has 1 N–H and O–H groups in total. The maximum Gasteiger partial charge on any atom is 0.255 e. The van der Waals surface area contributed by atoms with Crippen molar-refractivity contribution in [2.75, 3.05) is 12.4 Å². The molecule has 3 aromatic rings. The molecule has 1 amide bonds. The van der Waals surface area contributed by atoms with Crippen LogP contribution < -0.4 is 10.1 Å². The van der Waals surface area contributed by atoms with Crippen molar-refractivity contribution in [1.82, 2.24) is 9.55 Å². The monoisotopic (exact) mass is 311 g/mol. The summed E-state index contributed by atoms with van der Waals surface area (Å²) in [6, 6.07) is 11.0. The molecular formula is C17H14FN3O2. The van der Waals surface area contributed by atoms with Gasteiger partial charge in [0, 0.05) is 29.7 Å². The van der Waals surface area contributed by atoms with Gasteiger partial charge in [0.15, 0.2) is 0 Å². The van der Waals surface area contributed by atoms with Gasteiger partial charge in [-0.25, -0.2) is 9.37 Å². The van der Waals surface area contributed by atoms with Gasteiger partial charge >= 0.3 is 0 Å². The maximum atomic E-state index is 13.2. The van der Waals surface area contributed by atoms with Crippen molar-refractivity contribution in [3.63, 3.8) is 0 Å². The van der Waals surface area contributed by atoms with E-state index in [4.69, 9.17) is 4.74 Å². The summed E-state index contributed by atoms with van der Waals surface area (Å²) < 4.78 is 20.1. The van der Waals surface area contributed by atoms with Crippen molar-refractivity contribution < 1.29 is 13.9 Å². The van der Waals surface area contributed by atoms with Crippen molar-refractivity contribution in [2.45, 2.75) is 0 Å². The quantitative estimate of drug-likeness (QED) is 0.804. The van der Waals surface area contributed by atoms with Gasteiger partial charge in [0.2, 0.25) is 0 Å². The summed E-state index contributed by atoms with van der Waals surface area (Å²) in [7, 11) is 1.42. The fourth-order valence-corrected chi connectivity index (χ4v) is 2.16. The molecule has 116 valence electrons. The molecule has 2 aromatic carbocycles. The molecule has 1 aromatic heterocycles. The predicted octanol–water partition coefficient (Wildman–Crippen LogP) is 3.27. The number of benzene rings is 2. The maximum absolute atomic E-state index is 13.2. The Kier molecular flexibility index (Phi) is 4.05. The van der Waals surface area contributed by atoms with Crippen LogP contribution in [0.5, 0.6) is 5.75 Å². The summed E-state index contributed by atoms with van der Waals surface area (Å²) in [5.74, 6) is -0.454. The first-order chi connectivity index (χ1) is 11.2. The van der Waals surface area contributed by atoms with Crippen LogP contribution in [0.2, 0.25) is 0 Å². The van der Waals surface area contributed by atoms with Gasteiger partial charge in [0.25, 0.3) is 5.91 Å². The van der Waals surface area contributed by atoms with Gasteiger partial charge in [-0.3, -0.25) is 4.79 Å². The smallest absolute Gasteiger partial charge is 0.255 e. The molecule has 0 fully saturated rings. The van der Waals surface area contributed by atoms with Gasteiger partial charge in [-0.1, -0.05) is 0 Å². The first-order valence-corrected chi connectivity index (χ1v) is 6.90. The summed E-state index contributed by atoms with van der Waals surface area (Å²) in [6.07, 6.45) is 5.18. The highest BCUT2D eigenvalue weighted by atomic mass is 19.1. The zero-order valence-electron chi connectivity index (χ0n) is 12.4. The summed E-state index contributed by atoms with van der Waals surface area (Å²) in [4.78, 5) is 16.3. The average Bonchev–Trinajstić information content (AvgIpc) is 3.11. The Morgan fingerprint density at radius 3 is 2.65 bits per heavy atom. The van der Waals surface area contributed by atoms with E-state index in [9.17, 15) is 9.18 Å². The summed E-state index contributed by atoms with van der Waals surface area (Å²) >= 11 is 0. The molecule has 1 heterocycles. The lowest BCUT2D eigenvalue weighted by Gasteiger charge is -2.10. The van der Waals surface area contributed by atoms with E-state index < -0.39 is 5.82 Å². The van der Waals surface area contributed by atoms with Crippen LogP contribution in [0.1, 0.15) is 10.4 Å². The number of aromatic nitrogens is 2. The van der Waals surface area contributed by atoms with Gasteiger partial charge < -0.3 is 14.6 Å². The Morgan fingerprint density at radius 2 is 2.00 bits per heavy atom. The molecule has 0 radical (unpaired) electrons. The molecular weight excluding hydrogens is 297 g/mol. The molecule has 6 heteroatoms. The lowest BCUT2D eigenvalue weighted by atomic mass is 10.2. The first-order valence-electron chi connectivity index (χ1n) is 6.90. The Morgan fingerprint density at radius 1 is 1.22 bits per heavy atom. The number of hydrogen-bond acceptors (Lipinski definition) is 3. The van der Waals surface area contributed by atoms with Crippen molar-refractivity contribution in [3.05, 3.63) is 72.6 Å². The number of anilines is 1. The Hall–Kier alpha value is -3.15. The molecule has 0 unspecified atom stereocenters. The lowest BCUT2D eigenvalue weighted by Crippen LogP contribution is -2.12. The molecule has 0 aliphatic carbocycles. The van der Waals surface area contributed by atoms with Crippen LogP contribution in [-0.4, -0.2) is 22.6 Å². The number of imidazole rings is 1. The van der Waals surface area contributed by atoms with Crippen LogP contribution in [0.3, 0.4) is 0 Å². The van der Waals surface area contributed by atoms with Crippen LogP contribution in [0, 0.1) is 5.82 Å². The number of methoxy groups -OCH3 is 1. The van der Waals surface area contributed by atoms with Gasteiger partial charge in [-0.2, -0.15) is 0 Å². The van der Waals surface area contributed by atoms with E-state index in [1.54, 1.807) is 24.7 Å². The number of nitrogens with one attached hydrogen (secondary N) is 1. The standard InChI is InChI=1S/C17H14FN3O2/c1-23-16-10-13(18)4-7-15(16)20-17(22)12-2-5-14(6-3-12)21-9-8-19-11-21/h2-11H,1H3,(H,20,22). The third-order valence-corrected chi connectivity index (χ3v) is 3.34. The number of carbonyl (C=O) groups is 1. The van der Waals surface area contributed by atoms with Gasteiger partial charge in [0.1, 0.15) is 11.6 Å². The number of amides is 1. The molecule has 0 aliphatic rings. The highest BCUT2D eigenvalue weighted by Crippen LogP contribution is 2.25. The van der Waals surface area contributed by atoms with Crippen molar-refractivity contribution in [2.24, 2.45) is 0 Å². The minimum atomic E-state index is -0.426. The van der Waals surface area contributed by atoms with Gasteiger partial charge in [-0.05, 0) is 36.4 Å². The summed E-state index contributed by atoms with van der Waals surface area (Å²) in [5.41, 5.74) is 1.80. The second-order valence-electron chi connectivity index (χ2n) is 4.82. The molecule has 5 nitrogen and oxygen atoms in total. The van der Waals surface area contributed by atoms with E-state index in [2.05, 4.69) is 10.3 Å². The van der Waals surface area contributed by atoms with Crippen molar-refractivity contribution >= 4 is 11.6 Å². The minimum absolute atomic E-state index is 0.272. The highest BCUT2D eigenvalue weighted by molar-refractivity contribution is 6.05. The second-order valence-corrected chi connectivity index (χ2v) is 4.82. The zero-order valence-corrected chi connectivity index (χ0v) is 12.4. The number of ether oxygens (including phenoxy) is 1. The molecule has 3 rings (SSSR count). The number of rotatable bonds is 4. The average molecular weight is 311 g/mol. The number of carbonyl (C=O) groups excluding carboxylic acids is 1. The van der Waals surface area contributed by atoms with E-state index in [1.807, 2.05) is 22.9 Å². The molecule has 0 spiro atoms. The van der Waals surface area contributed by atoms with Gasteiger partial charge in [0.05, 0.1) is 19.1 Å². The van der Waals surface area contributed by atoms with E-state index in [1.165, 1.54) is 25.3 Å². The van der Waals surface area contributed by atoms with Crippen LogP contribution >= 0.6 is 0 Å². The van der Waals surface area contributed by atoms with Crippen LogP contribution in [0.15, 0.2) is 61.2 Å². The molecule has 0 saturated heterocycles. The van der Waals surface area contributed by atoms with E-state index in [0.717, 1.165) is 5.69 Å². The number of hydrogen-bond donors (Lipinski definition) is 1. The van der Waals surface area contributed by atoms with E-state index >= 15 is 0 Å². The Bertz CT molecular complexity index is 814. The SMILES string of the molecule is COc1cc(F)ccc1NC(=O)c1ccc(-n2ccnc2)cc1. The fourth-order valence-electron chi connectivity index (χ4n) is 2.16. The largest absolute Gasteiger partial charge is 0.494 e. The van der Waals surface area contributed by atoms with Crippen LogP contribution in [-0.2, 0) is 0 Å². The van der Waals surface area contributed by atoms with Crippen LogP contribution in [0.25, 0.3) is 5.69 Å². The van der Waals surface area contributed by atoms with E-state index in [0.29, 0.717) is 11.3 Å². The highest BCUT2D eigenvalue weighted by Gasteiger charge is 2.10. The third kappa shape index (κ3) is 3.21. The Balaban J connectivity index is 1.78. The summed E-state index contributed by atoms with van der Waals surface area (Å²) in [6.45, 7) is 0. The van der Waals surface area contributed by atoms with Gasteiger partial charge in [-0.15, -0.1) is 0 Å².